The second-order valence-electron chi connectivity index (χ2n) is 9.35. The van der Waals surface area contributed by atoms with Gasteiger partial charge in [-0.05, 0) is 60.6 Å². The third-order valence-electron chi connectivity index (χ3n) is 7.21. The van der Waals surface area contributed by atoms with Gasteiger partial charge in [0.1, 0.15) is 0 Å². The van der Waals surface area contributed by atoms with Crippen molar-refractivity contribution in [3.63, 3.8) is 0 Å². The number of fused-ring (bicyclic) bond motifs is 2. The van der Waals surface area contributed by atoms with E-state index in [1.54, 1.807) is 27.4 Å². The Balaban J connectivity index is 1.33. The highest BCUT2D eigenvalue weighted by atomic mass is 32.2. The van der Waals surface area contributed by atoms with Gasteiger partial charge in [-0.2, -0.15) is 4.31 Å². The summed E-state index contributed by atoms with van der Waals surface area (Å²) in [5.74, 6) is -0.548. The summed E-state index contributed by atoms with van der Waals surface area (Å²) < 4.78 is 27.7. The number of hydrogen-bond acceptors (Lipinski definition) is 5. The summed E-state index contributed by atoms with van der Waals surface area (Å²) in [5.41, 5.74) is 9.47. The molecule has 3 aliphatic heterocycles. The molecule has 1 saturated heterocycles. The lowest BCUT2D eigenvalue weighted by atomic mass is 9.93. The van der Waals surface area contributed by atoms with Gasteiger partial charge in [0.15, 0.2) is 0 Å². The van der Waals surface area contributed by atoms with Crippen LogP contribution in [-0.2, 0) is 39.0 Å². The topological polar surface area (TPSA) is 104 Å². The van der Waals surface area contributed by atoms with Crippen molar-refractivity contribution < 1.29 is 18.0 Å². The molecule has 0 radical (unpaired) electrons. The molecule has 3 aliphatic rings. The Morgan fingerprint density at radius 3 is 2.41 bits per heavy atom. The van der Waals surface area contributed by atoms with E-state index in [0.717, 1.165) is 41.6 Å². The summed E-state index contributed by atoms with van der Waals surface area (Å²) in [6, 6.07) is 12.4. The third-order valence-corrected chi connectivity index (χ3v) is 9.11. The lowest BCUT2D eigenvalue weighted by Gasteiger charge is -2.35. The predicted molar refractivity (Wildman–Crippen MR) is 129 cm³/mol. The minimum Gasteiger partial charge on any atom is -0.368 e. The molecular weight excluding hydrogens is 452 g/mol. The fourth-order valence-electron chi connectivity index (χ4n) is 5.33. The van der Waals surface area contributed by atoms with E-state index in [1.807, 2.05) is 29.2 Å². The Bertz CT molecular complexity index is 1220. The van der Waals surface area contributed by atoms with E-state index in [2.05, 4.69) is 0 Å². The molecule has 9 heteroatoms. The second kappa shape index (κ2) is 9.13. The number of primary amides is 1. The average molecular weight is 483 g/mol. The number of hydrogen-bond donors (Lipinski definition) is 1. The van der Waals surface area contributed by atoms with E-state index >= 15 is 0 Å². The first kappa shape index (κ1) is 23.0. The lowest BCUT2D eigenvalue weighted by Crippen LogP contribution is -2.52. The number of sulfonamides is 1. The summed E-state index contributed by atoms with van der Waals surface area (Å²) in [6.07, 6.45) is 3.94. The Kier molecular flexibility index (Phi) is 6.18. The standard InChI is InChI=1S/C25H30N4O4S/c26-25(31)23-15-18-6-2-3-7-20(18)16-27(23)17-24(30)29-13-10-19-14-21(8-9-22(19)29)34(32,33)28-11-4-1-5-12-28/h2-3,6-9,14,23H,1,4-5,10-13,15-17H2,(H2,26,31)/t23-/m0/s1. The van der Waals surface area contributed by atoms with Crippen molar-refractivity contribution >= 4 is 27.5 Å². The summed E-state index contributed by atoms with van der Waals surface area (Å²) in [6.45, 7) is 2.18. The third kappa shape index (κ3) is 4.23. The van der Waals surface area contributed by atoms with E-state index in [4.69, 9.17) is 5.73 Å². The fourth-order valence-corrected chi connectivity index (χ4v) is 6.90. The van der Waals surface area contributed by atoms with Crippen molar-refractivity contribution in [2.45, 2.75) is 49.6 Å². The number of anilines is 1. The molecule has 34 heavy (non-hydrogen) atoms. The van der Waals surface area contributed by atoms with Crippen LogP contribution in [0.25, 0.3) is 0 Å². The van der Waals surface area contributed by atoms with Crippen molar-refractivity contribution in [3.05, 3.63) is 59.2 Å². The van der Waals surface area contributed by atoms with Gasteiger partial charge in [0.05, 0.1) is 17.5 Å². The van der Waals surface area contributed by atoms with Crippen LogP contribution in [0.2, 0.25) is 0 Å². The normalized spacial score (nSPS) is 21.2. The number of carbonyl (C=O) groups is 2. The van der Waals surface area contributed by atoms with Gasteiger partial charge in [0, 0.05) is 31.9 Å². The van der Waals surface area contributed by atoms with Crippen molar-refractivity contribution in [1.29, 1.82) is 0 Å². The molecule has 0 aromatic heterocycles. The highest BCUT2D eigenvalue weighted by Gasteiger charge is 2.34. The second-order valence-corrected chi connectivity index (χ2v) is 11.3. The van der Waals surface area contributed by atoms with Gasteiger partial charge < -0.3 is 10.6 Å². The molecule has 0 spiro atoms. The number of benzene rings is 2. The lowest BCUT2D eigenvalue weighted by molar-refractivity contribution is -0.126. The maximum absolute atomic E-state index is 13.3. The van der Waals surface area contributed by atoms with Crippen molar-refractivity contribution in [3.8, 4) is 0 Å². The molecule has 0 saturated carbocycles. The number of rotatable bonds is 5. The summed E-state index contributed by atoms with van der Waals surface area (Å²) in [4.78, 5) is 29.3. The quantitative estimate of drug-likeness (QED) is 0.698. The number of carbonyl (C=O) groups excluding carboxylic acids is 2. The monoisotopic (exact) mass is 482 g/mol. The number of amides is 2. The van der Waals surface area contributed by atoms with E-state index in [1.165, 1.54) is 0 Å². The molecule has 8 nitrogen and oxygen atoms in total. The SMILES string of the molecule is NC(=O)[C@@H]1Cc2ccccc2CN1CC(=O)N1CCc2cc(S(=O)(=O)N3CCCCC3)ccc21. The highest BCUT2D eigenvalue weighted by Crippen LogP contribution is 2.32. The largest absolute Gasteiger partial charge is 0.368 e. The summed E-state index contributed by atoms with van der Waals surface area (Å²) in [7, 11) is -3.52. The zero-order valence-electron chi connectivity index (χ0n) is 19.2. The van der Waals surface area contributed by atoms with Crippen LogP contribution in [0, 0.1) is 0 Å². The van der Waals surface area contributed by atoms with Crippen molar-refractivity contribution in [2.24, 2.45) is 5.73 Å². The first-order valence-electron chi connectivity index (χ1n) is 11.9. The molecule has 0 aliphatic carbocycles. The molecule has 2 amide bonds. The van der Waals surface area contributed by atoms with Gasteiger partial charge in [-0.3, -0.25) is 14.5 Å². The maximum atomic E-state index is 13.3. The summed E-state index contributed by atoms with van der Waals surface area (Å²) in [5, 5.41) is 0. The molecule has 180 valence electrons. The molecule has 1 atom stereocenters. The maximum Gasteiger partial charge on any atom is 0.243 e. The van der Waals surface area contributed by atoms with E-state index < -0.39 is 22.0 Å². The number of piperidine rings is 1. The molecule has 2 N–H and O–H groups in total. The molecule has 2 aromatic rings. The Labute approximate surface area is 200 Å². The zero-order chi connectivity index (χ0) is 23.9. The summed E-state index contributed by atoms with van der Waals surface area (Å²) >= 11 is 0. The van der Waals surface area contributed by atoms with Crippen molar-refractivity contribution in [2.75, 3.05) is 31.1 Å². The predicted octanol–water partition coefficient (Wildman–Crippen LogP) is 1.66. The minimum absolute atomic E-state index is 0.0786. The van der Waals surface area contributed by atoms with Gasteiger partial charge in [0.2, 0.25) is 21.8 Å². The zero-order valence-corrected chi connectivity index (χ0v) is 20.0. The molecule has 5 rings (SSSR count). The van der Waals surface area contributed by atoms with Crippen LogP contribution in [0.1, 0.15) is 36.0 Å². The van der Waals surface area contributed by atoms with Crippen LogP contribution in [0.4, 0.5) is 5.69 Å². The first-order valence-corrected chi connectivity index (χ1v) is 13.3. The smallest absolute Gasteiger partial charge is 0.243 e. The molecule has 3 heterocycles. The van der Waals surface area contributed by atoms with Crippen LogP contribution < -0.4 is 10.6 Å². The van der Waals surface area contributed by atoms with E-state index in [0.29, 0.717) is 43.9 Å². The highest BCUT2D eigenvalue weighted by molar-refractivity contribution is 7.89. The van der Waals surface area contributed by atoms with Crippen LogP contribution in [0.15, 0.2) is 47.4 Å². The van der Waals surface area contributed by atoms with Gasteiger partial charge in [-0.15, -0.1) is 0 Å². The van der Waals surface area contributed by atoms with Crippen LogP contribution in [-0.4, -0.2) is 61.7 Å². The number of nitrogens with two attached hydrogens (primary N) is 1. The van der Waals surface area contributed by atoms with Crippen LogP contribution in [0.5, 0.6) is 0 Å². The minimum atomic E-state index is -3.52. The number of nitrogens with zero attached hydrogens (tertiary/aromatic N) is 3. The molecule has 0 bridgehead atoms. The van der Waals surface area contributed by atoms with Crippen LogP contribution >= 0.6 is 0 Å². The van der Waals surface area contributed by atoms with Gasteiger partial charge in [-0.1, -0.05) is 30.7 Å². The fraction of sp³-hybridized carbons (Fsp3) is 0.440. The van der Waals surface area contributed by atoms with Gasteiger partial charge in [-0.25, -0.2) is 8.42 Å². The van der Waals surface area contributed by atoms with E-state index in [-0.39, 0.29) is 12.5 Å². The molecular formula is C25H30N4O4S. The molecule has 0 unspecified atom stereocenters. The Hall–Kier alpha value is -2.75. The van der Waals surface area contributed by atoms with E-state index in [9.17, 15) is 18.0 Å². The first-order chi connectivity index (χ1) is 16.3. The van der Waals surface area contributed by atoms with Crippen molar-refractivity contribution in [1.82, 2.24) is 9.21 Å². The molecule has 1 fully saturated rings. The van der Waals surface area contributed by atoms with Crippen LogP contribution in [0.3, 0.4) is 0 Å². The Morgan fingerprint density at radius 2 is 1.68 bits per heavy atom. The average Bonchev–Trinajstić information content (AvgIpc) is 3.27. The Morgan fingerprint density at radius 1 is 0.941 bits per heavy atom. The molecule has 2 aromatic carbocycles. The van der Waals surface area contributed by atoms with Gasteiger partial charge >= 0.3 is 0 Å². The van der Waals surface area contributed by atoms with Gasteiger partial charge in [0.25, 0.3) is 0 Å².